The van der Waals surface area contributed by atoms with Crippen molar-refractivity contribution in [3.05, 3.63) is 26.1 Å². The number of aliphatic hydroxyl groups excluding tert-OH is 3. The molecule has 27 heavy (non-hydrogen) atoms. The van der Waals surface area contributed by atoms with Crippen LogP contribution in [0.1, 0.15) is 26.2 Å². The SMILES string of the molecule is CCCCCn1c(=O)[nH]c(=O)c2[nH]c(Cl)nc21.OCNC(NCO)NCO. The molecule has 13 heteroatoms. The summed E-state index contributed by atoms with van der Waals surface area (Å²) in [5, 5.41) is 32.6. The number of aromatic nitrogens is 4. The van der Waals surface area contributed by atoms with Crippen molar-refractivity contribution >= 4 is 22.8 Å². The van der Waals surface area contributed by atoms with E-state index in [0.717, 1.165) is 19.3 Å². The Labute approximate surface area is 159 Å². The molecule has 0 saturated carbocycles. The van der Waals surface area contributed by atoms with Crippen LogP contribution in [0, 0.1) is 0 Å². The lowest BCUT2D eigenvalue weighted by Gasteiger charge is -2.17. The van der Waals surface area contributed by atoms with Gasteiger partial charge in [-0.05, 0) is 18.0 Å². The zero-order chi connectivity index (χ0) is 20.2. The monoisotopic (exact) mass is 407 g/mol. The van der Waals surface area contributed by atoms with Crippen molar-refractivity contribution in [3.8, 4) is 0 Å². The molecule has 0 atom stereocenters. The molecule has 0 aliphatic heterocycles. The Morgan fingerprint density at radius 3 is 2.19 bits per heavy atom. The first-order chi connectivity index (χ1) is 13.0. The van der Waals surface area contributed by atoms with E-state index in [4.69, 9.17) is 26.9 Å². The summed E-state index contributed by atoms with van der Waals surface area (Å²) < 4.78 is 1.44. The molecule has 2 heterocycles. The highest BCUT2D eigenvalue weighted by molar-refractivity contribution is 6.28. The Balaban J connectivity index is 0.000000314. The maximum absolute atomic E-state index is 11.7. The molecule has 0 spiro atoms. The van der Waals surface area contributed by atoms with Crippen molar-refractivity contribution in [3.63, 3.8) is 0 Å². The van der Waals surface area contributed by atoms with E-state index in [9.17, 15) is 9.59 Å². The number of aliphatic hydroxyl groups is 3. The van der Waals surface area contributed by atoms with E-state index in [1.165, 1.54) is 4.57 Å². The van der Waals surface area contributed by atoms with Crippen LogP contribution in [0.3, 0.4) is 0 Å². The van der Waals surface area contributed by atoms with Crippen molar-refractivity contribution in [1.29, 1.82) is 0 Å². The predicted molar refractivity (Wildman–Crippen MR) is 100.0 cm³/mol. The molecule has 12 nitrogen and oxygen atoms in total. The highest BCUT2D eigenvalue weighted by Gasteiger charge is 2.11. The quantitative estimate of drug-likeness (QED) is 0.127. The van der Waals surface area contributed by atoms with Gasteiger partial charge in [0.15, 0.2) is 11.2 Å². The van der Waals surface area contributed by atoms with Gasteiger partial charge in [0.2, 0.25) is 5.28 Å². The van der Waals surface area contributed by atoms with E-state index in [2.05, 4.69) is 37.8 Å². The van der Waals surface area contributed by atoms with Gasteiger partial charge in [0.25, 0.3) is 5.56 Å². The van der Waals surface area contributed by atoms with Crippen LogP contribution >= 0.6 is 11.6 Å². The molecular formula is C14H26ClN7O5. The van der Waals surface area contributed by atoms with Gasteiger partial charge in [-0.1, -0.05) is 19.8 Å². The first kappa shape index (κ1) is 23.2. The minimum atomic E-state index is -0.490. The Morgan fingerprint density at radius 2 is 1.67 bits per heavy atom. The predicted octanol–water partition coefficient (Wildman–Crippen LogP) is -1.86. The van der Waals surface area contributed by atoms with E-state index in [1.807, 2.05) is 0 Å². The number of fused-ring (bicyclic) bond motifs is 1. The molecule has 2 aromatic heterocycles. The number of halogens is 1. The van der Waals surface area contributed by atoms with Gasteiger partial charge in [-0.25, -0.2) is 4.79 Å². The number of nitrogens with zero attached hydrogens (tertiary/aromatic N) is 2. The second-order valence-corrected chi connectivity index (χ2v) is 5.72. The Bertz CT molecular complexity index is 776. The van der Waals surface area contributed by atoms with Crippen LogP contribution in [0.5, 0.6) is 0 Å². The number of nitrogens with one attached hydrogen (secondary N) is 5. The van der Waals surface area contributed by atoms with Gasteiger partial charge in [0.05, 0.1) is 20.2 Å². The van der Waals surface area contributed by atoms with E-state index in [0.29, 0.717) is 12.2 Å². The lowest BCUT2D eigenvalue weighted by Crippen LogP contribution is -2.53. The lowest BCUT2D eigenvalue weighted by molar-refractivity contribution is 0.143. The third-order valence-electron chi connectivity index (χ3n) is 3.48. The molecule has 0 aromatic carbocycles. The zero-order valence-electron chi connectivity index (χ0n) is 15.0. The number of unbranched alkanes of at least 4 members (excludes halogenated alkanes) is 2. The molecule has 0 radical (unpaired) electrons. The van der Waals surface area contributed by atoms with Crippen molar-refractivity contribution < 1.29 is 15.3 Å². The maximum atomic E-state index is 11.7. The molecule has 154 valence electrons. The van der Waals surface area contributed by atoms with Gasteiger partial charge < -0.3 is 20.3 Å². The van der Waals surface area contributed by atoms with Gasteiger partial charge in [0, 0.05) is 6.54 Å². The summed E-state index contributed by atoms with van der Waals surface area (Å²) in [6.07, 6.45) is 2.47. The Morgan fingerprint density at radius 1 is 1.07 bits per heavy atom. The second-order valence-electron chi connectivity index (χ2n) is 5.36. The first-order valence-corrected chi connectivity index (χ1v) is 8.77. The summed E-state index contributed by atoms with van der Waals surface area (Å²) in [4.78, 5) is 32.0. The third-order valence-corrected chi connectivity index (χ3v) is 3.65. The molecule has 2 aromatic rings. The van der Waals surface area contributed by atoms with Gasteiger partial charge >= 0.3 is 5.69 Å². The summed E-state index contributed by atoms with van der Waals surface area (Å²) >= 11 is 5.71. The van der Waals surface area contributed by atoms with E-state index in [1.54, 1.807) is 0 Å². The largest absolute Gasteiger partial charge is 0.381 e. The second kappa shape index (κ2) is 12.6. The zero-order valence-corrected chi connectivity index (χ0v) is 15.7. The van der Waals surface area contributed by atoms with Gasteiger partial charge in [-0.15, -0.1) is 0 Å². The number of hydrogen-bond acceptors (Lipinski definition) is 9. The van der Waals surface area contributed by atoms with Crippen LogP contribution in [-0.2, 0) is 6.54 Å². The number of aryl methyl sites for hydroxylation is 1. The molecule has 0 saturated heterocycles. The van der Waals surface area contributed by atoms with Crippen LogP contribution in [0.15, 0.2) is 9.59 Å². The number of rotatable bonds is 10. The summed E-state index contributed by atoms with van der Waals surface area (Å²) in [5.41, 5.74) is -0.371. The topological polar surface area (TPSA) is 180 Å². The standard InChI is InChI=1S/C10H13ClN4O2.C4H13N3O3/c1-2-3-4-5-15-7-6(12-9(11)13-7)8(16)14-10(15)17;8-1-5-4(6-2-9)7-3-10/h2-5H2,1H3,(H,12,13)(H,14,16,17);4-10H,1-3H2. The van der Waals surface area contributed by atoms with Crippen LogP contribution in [-0.4, -0.2) is 61.3 Å². The molecule has 0 aliphatic rings. The molecule has 2 rings (SSSR count). The number of imidazole rings is 1. The minimum absolute atomic E-state index is 0.111. The normalized spacial score (nSPS) is 11.0. The van der Waals surface area contributed by atoms with Crippen LogP contribution in [0.25, 0.3) is 11.2 Å². The molecular weight excluding hydrogens is 382 g/mol. The summed E-state index contributed by atoms with van der Waals surface area (Å²) in [6.45, 7) is 1.91. The van der Waals surface area contributed by atoms with E-state index >= 15 is 0 Å². The van der Waals surface area contributed by atoms with Crippen molar-refractivity contribution in [2.24, 2.45) is 0 Å². The van der Waals surface area contributed by atoms with Crippen LogP contribution in [0.4, 0.5) is 0 Å². The maximum Gasteiger partial charge on any atom is 0.330 e. The molecule has 0 fully saturated rings. The summed E-state index contributed by atoms with van der Waals surface area (Å²) in [5.74, 6) is 0. The fraction of sp³-hybridized carbons (Fsp3) is 0.643. The van der Waals surface area contributed by atoms with E-state index < -0.39 is 17.5 Å². The molecule has 0 unspecified atom stereocenters. The molecule has 8 N–H and O–H groups in total. The third kappa shape index (κ3) is 7.38. The number of hydrogen-bond donors (Lipinski definition) is 8. The fourth-order valence-electron chi connectivity index (χ4n) is 2.23. The molecule has 0 aliphatic carbocycles. The van der Waals surface area contributed by atoms with Crippen molar-refractivity contribution in [2.75, 3.05) is 20.2 Å². The average molecular weight is 408 g/mol. The van der Waals surface area contributed by atoms with Crippen LogP contribution in [0.2, 0.25) is 5.28 Å². The molecule has 0 amide bonds. The minimum Gasteiger partial charge on any atom is -0.381 e. The van der Waals surface area contributed by atoms with Gasteiger partial charge in [0.1, 0.15) is 6.29 Å². The van der Waals surface area contributed by atoms with Crippen molar-refractivity contribution in [1.82, 2.24) is 35.5 Å². The van der Waals surface area contributed by atoms with E-state index in [-0.39, 0.29) is 31.0 Å². The first-order valence-electron chi connectivity index (χ1n) is 8.39. The van der Waals surface area contributed by atoms with Gasteiger partial charge in [-0.3, -0.25) is 30.3 Å². The lowest BCUT2D eigenvalue weighted by atomic mass is 10.2. The summed E-state index contributed by atoms with van der Waals surface area (Å²) in [6, 6.07) is 0. The summed E-state index contributed by atoms with van der Waals surface area (Å²) in [7, 11) is 0. The number of H-pyrrole nitrogens is 2. The number of aromatic amines is 2. The Kier molecular flexibility index (Phi) is 10.8. The smallest absolute Gasteiger partial charge is 0.330 e. The highest BCUT2D eigenvalue weighted by Crippen LogP contribution is 2.09. The highest BCUT2D eigenvalue weighted by atomic mass is 35.5. The molecule has 0 bridgehead atoms. The van der Waals surface area contributed by atoms with Crippen LogP contribution < -0.4 is 27.2 Å². The fourth-order valence-corrected chi connectivity index (χ4v) is 2.41. The Hall–Kier alpha value is -1.80. The average Bonchev–Trinajstić information content (AvgIpc) is 3.01. The van der Waals surface area contributed by atoms with Crippen molar-refractivity contribution in [2.45, 2.75) is 39.0 Å². The van der Waals surface area contributed by atoms with Gasteiger partial charge in [-0.2, -0.15) is 4.98 Å².